The predicted octanol–water partition coefficient (Wildman–Crippen LogP) is 0.951. The summed E-state index contributed by atoms with van der Waals surface area (Å²) in [5.41, 5.74) is 6.56. The number of hydrogen-bond acceptors (Lipinski definition) is 4. The predicted molar refractivity (Wildman–Crippen MR) is 44.9 cm³/mol. The van der Waals surface area contributed by atoms with E-state index in [0.29, 0.717) is 6.42 Å². The van der Waals surface area contributed by atoms with Crippen molar-refractivity contribution >= 4 is 11.5 Å². The summed E-state index contributed by atoms with van der Waals surface area (Å²) in [5.74, 6) is 5.68. The lowest BCUT2D eigenvalue weighted by Crippen LogP contribution is -2.09. The smallest absolute Gasteiger partial charge is 0.0932 e. The van der Waals surface area contributed by atoms with Crippen LogP contribution in [0.4, 0.5) is 0 Å². The van der Waals surface area contributed by atoms with Gasteiger partial charge in [0.1, 0.15) is 0 Å². The molecule has 0 aromatic carbocycles. The van der Waals surface area contributed by atoms with Gasteiger partial charge < -0.3 is 5.73 Å². The molecule has 11 heavy (non-hydrogen) atoms. The summed E-state index contributed by atoms with van der Waals surface area (Å²) < 4.78 is 3.71. The van der Waals surface area contributed by atoms with E-state index in [-0.39, 0.29) is 6.04 Å². The Morgan fingerprint density at radius 3 is 3.18 bits per heavy atom. The van der Waals surface area contributed by atoms with Crippen LogP contribution in [0.25, 0.3) is 0 Å². The zero-order chi connectivity index (χ0) is 8.10. The summed E-state index contributed by atoms with van der Waals surface area (Å²) in [5, 5.41) is 5.69. The van der Waals surface area contributed by atoms with Crippen molar-refractivity contribution in [2.75, 3.05) is 0 Å². The van der Waals surface area contributed by atoms with E-state index in [4.69, 9.17) is 5.73 Å². The average molecular weight is 167 g/mol. The van der Waals surface area contributed by atoms with Crippen molar-refractivity contribution in [3.63, 3.8) is 0 Å². The maximum Gasteiger partial charge on any atom is 0.0932 e. The van der Waals surface area contributed by atoms with Gasteiger partial charge in [-0.3, -0.25) is 0 Å². The molecule has 0 fully saturated rings. The second kappa shape index (κ2) is 4.06. The molecule has 1 aromatic heterocycles. The van der Waals surface area contributed by atoms with Crippen LogP contribution >= 0.6 is 11.5 Å². The SMILES string of the molecule is CC#CCC(N)c1csnn1. The maximum atomic E-state index is 5.73. The third kappa shape index (κ3) is 2.30. The van der Waals surface area contributed by atoms with Gasteiger partial charge in [0.25, 0.3) is 0 Å². The fourth-order valence-corrected chi connectivity index (χ4v) is 1.17. The molecule has 0 spiro atoms. The van der Waals surface area contributed by atoms with Gasteiger partial charge >= 0.3 is 0 Å². The molecular weight excluding hydrogens is 158 g/mol. The zero-order valence-corrected chi connectivity index (χ0v) is 7.06. The van der Waals surface area contributed by atoms with E-state index in [1.165, 1.54) is 11.5 Å². The summed E-state index contributed by atoms with van der Waals surface area (Å²) in [6.45, 7) is 1.80. The van der Waals surface area contributed by atoms with E-state index in [1.807, 2.05) is 5.38 Å². The first kappa shape index (κ1) is 8.18. The normalized spacial score (nSPS) is 11.8. The molecule has 1 heterocycles. The standard InChI is InChI=1S/C7H9N3S/c1-2-3-4-6(8)7-5-11-10-9-7/h5-6H,4,8H2,1H3. The van der Waals surface area contributed by atoms with E-state index >= 15 is 0 Å². The first-order valence-corrected chi connectivity index (χ1v) is 4.10. The van der Waals surface area contributed by atoms with Crippen molar-refractivity contribution in [2.45, 2.75) is 19.4 Å². The van der Waals surface area contributed by atoms with Gasteiger partial charge in [-0.1, -0.05) is 4.49 Å². The number of nitrogens with zero attached hydrogens (tertiary/aromatic N) is 2. The van der Waals surface area contributed by atoms with E-state index in [9.17, 15) is 0 Å². The van der Waals surface area contributed by atoms with E-state index in [0.717, 1.165) is 5.69 Å². The van der Waals surface area contributed by atoms with Gasteiger partial charge in [0, 0.05) is 11.8 Å². The quantitative estimate of drug-likeness (QED) is 0.667. The Hall–Kier alpha value is -0.920. The van der Waals surface area contributed by atoms with Crippen molar-refractivity contribution in [3.8, 4) is 11.8 Å². The first-order chi connectivity index (χ1) is 5.34. The van der Waals surface area contributed by atoms with Gasteiger partial charge in [0.2, 0.25) is 0 Å². The molecule has 0 bridgehead atoms. The number of nitrogens with two attached hydrogens (primary N) is 1. The van der Waals surface area contributed by atoms with Crippen molar-refractivity contribution in [3.05, 3.63) is 11.1 Å². The Balaban J connectivity index is 2.53. The van der Waals surface area contributed by atoms with Crippen molar-refractivity contribution in [1.82, 2.24) is 9.59 Å². The molecule has 1 aromatic rings. The molecule has 4 heteroatoms. The van der Waals surface area contributed by atoms with Crippen LogP contribution in [0.5, 0.6) is 0 Å². The molecule has 0 amide bonds. The Kier molecular flexibility index (Phi) is 3.02. The Bertz CT molecular complexity index is 257. The van der Waals surface area contributed by atoms with Gasteiger partial charge in [-0.2, -0.15) is 0 Å². The van der Waals surface area contributed by atoms with Crippen molar-refractivity contribution < 1.29 is 0 Å². The maximum absolute atomic E-state index is 5.73. The fraction of sp³-hybridized carbons (Fsp3) is 0.429. The molecule has 1 rings (SSSR count). The highest BCUT2D eigenvalue weighted by Crippen LogP contribution is 2.10. The lowest BCUT2D eigenvalue weighted by Gasteiger charge is -2.00. The average Bonchev–Trinajstić information content (AvgIpc) is 2.52. The molecule has 0 aliphatic heterocycles. The molecule has 2 N–H and O–H groups in total. The molecular formula is C7H9N3S. The van der Waals surface area contributed by atoms with Gasteiger partial charge in [0.05, 0.1) is 11.7 Å². The number of aromatic nitrogens is 2. The van der Waals surface area contributed by atoms with E-state index < -0.39 is 0 Å². The Morgan fingerprint density at radius 1 is 1.82 bits per heavy atom. The molecule has 0 saturated carbocycles. The lowest BCUT2D eigenvalue weighted by atomic mass is 10.2. The monoisotopic (exact) mass is 167 g/mol. The van der Waals surface area contributed by atoms with Crippen LogP contribution in [0.1, 0.15) is 25.1 Å². The topological polar surface area (TPSA) is 51.8 Å². The highest BCUT2D eigenvalue weighted by atomic mass is 32.1. The summed E-state index contributed by atoms with van der Waals surface area (Å²) >= 11 is 1.31. The van der Waals surface area contributed by atoms with Crippen LogP contribution in [0, 0.1) is 11.8 Å². The van der Waals surface area contributed by atoms with E-state index in [2.05, 4.69) is 21.4 Å². The molecule has 58 valence electrons. The van der Waals surface area contributed by atoms with Gasteiger partial charge in [-0.05, 0) is 18.5 Å². The Labute approximate surface area is 69.8 Å². The molecule has 0 radical (unpaired) electrons. The minimum absolute atomic E-state index is 0.0822. The molecule has 3 nitrogen and oxygen atoms in total. The lowest BCUT2D eigenvalue weighted by molar-refractivity contribution is 0.719. The van der Waals surface area contributed by atoms with Gasteiger partial charge in [-0.25, -0.2) is 0 Å². The third-order valence-corrected chi connectivity index (χ3v) is 1.78. The minimum Gasteiger partial charge on any atom is -0.322 e. The molecule has 0 aliphatic carbocycles. The molecule has 0 saturated heterocycles. The van der Waals surface area contributed by atoms with E-state index in [1.54, 1.807) is 6.92 Å². The molecule has 1 atom stereocenters. The van der Waals surface area contributed by atoms with Gasteiger partial charge in [-0.15, -0.1) is 16.9 Å². The molecule has 0 aliphatic rings. The van der Waals surface area contributed by atoms with Crippen LogP contribution in [-0.2, 0) is 0 Å². The highest BCUT2D eigenvalue weighted by molar-refractivity contribution is 7.03. The number of hydrogen-bond donors (Lipinski definition) is 1. The van der Waals surface area contributed by atoms with Crippen molar-refractivity contribution in [1.29, 1.82) is 0 Å². The van der Waals surface area contributed by atoms with Crippen LogP contribution in [0.15, 0.2) is 5.38 Å². The summed E-state index contributed by atoms with van der Waals surface area (Å²) in [4.78, 5) is 0. The summed E-state index contributed by atoms with van der Waals surface area (Å²) in [6.07, 6.45) is 0.655. The van der Waals surface area contributed by atoms with Crippen LogP contribution < -0.4 is 5.73 Å². The van der Waals surface area contributed by atoms with Crippen molar-refractivity contribution in [2.24, 2.45) is 5.73 Å². The van der Waals surface area contributed by atoms with Gasteiger partial charge in [0.15, 0.2) is 0 Å². The largest absolute Gasteiger partial charge is 0.322 e. The third-order valence-electron chi connectivity index (χ3n) is 1.26. The van der Waals surface area contributed by atoms with Crippen LogP contribution in [-0.4, -0.2) is 9.59 Å². The molecule has 1 unspecified atom stereocenters. The second-order valence-corrected chi connectivity index (χ2v) is 2.68. The summed E-state index contributed by atoms with van der Waals surface area (Å²) in [6, 6.07) is -0.0822. The van der Waals surface area contributed by atoms with Crippen LogP contribution in [0.3, 0.4) is 0 Å². The zero-order valence-electron chi connectivity index (χ0n) is 6.24. The Morgan fingerprint density at radius 2 is 2.64 bits per heavy atom. The first-order valence-electron chi connectivity index (χ1n) is 3.26. The number of rotatable bonds is 2. The fourth-order valence-electron chi connectivity index (χ4n) is 0.650. The summed E-state index contributed by atoms with van der Waals surface area (Å²) in [7, 11) is 0. The van der Waals surface area contributed by atoms with Crippen LogP contribution in [0.2, 0.25) is 0 Å². The second-order valence-electron chi connectivity index (χ2n) is 2.07. The highest BCUT2D eigenvalue weighted by Gasteiger charge is 2.05. The minimum atomic E-state index is -0.0822.